The van der Waals surface area contributed by atoms with Crippen molar-refractivity contribution in [2.45, 2.75) is 30.1 Å². The molecule has 0 amide bonds. The molecule has 2 atom stereocenters. The van der Waals surface area contributed by atoms with Gasteiger partial charge in [0, 0.05) is 14.6 Å². The Kier molecular flexibility index (Phi) is 5.12. The molecule has 0 aliphatic rings. The highest BCUT2D eigenvalue weighted by Crippen LogP contribution is 2.30. The van der Waals surface area contributed by atoms with Crippen molar-refractivity contribution in [3.8, 4) is 0 Å². The maximum Gasteiger partial charge on any atom is 0.0772 e. The number of rotatable bonds is 4. The lowest BCUT2D eigenvalue weighted by Gasteiger charge is -2.11. The molecule has 84 valence electrons. The number of aliphatic hydroxyl groups is 2. The van der Waals surface area contributed by atoms with Crippen LogP contribution in [-0.2, 0) is 0 Å². The van der Waals surface area contributed by atoms with Gasteiger partial charge in [-0.2, -0.15) is 0 Å². The van der Waals surface area contributed by atoms with Crippen molar-refractivity contribution in [2.24, 2.45) is 0 Å². The third-order valence-corrected chi connectivity index (χ3v) is 3.78. The van der Waals surface area contributed by atoms with Gasteiger partial charge in [0.05, 0.1) is 12.7 Å². The monoisotopic (exact) mass is 290 g/mol. The Morgan fingerprint density at radius 3 is 2.53 bits per heavy atom. The fourth-order valence-electron chi connectivity index (χ4n) is 1.19. The van der Waals surface area contributed by atoms with E-state index in [1.54, 1.807) is 18.7 Å². The molecule has 4 heteroatoms. The van der Waals surface area contributed by atoms with Crippen LogP contribution in [0.4, 0.5) is 0 Å². The van der Waals surface area contributed by atoms with Gasteiger partial charge >= 0.3 is 0 Å². The Bertz CT molecular complexity index is 328. The molecule has 0 aromatic heterocycles. The van der Waals surface area contributed by atoms with Gasteiger partial charge in [-0.1, -0.05) is 28.9 Å². The number of aliphatic hydroxyl groups excluding tert-OH is 2. The molecule has 0 radical (unpaired) electrons. The van der Waals surface area contributed by atoms with E-state index in [-0.39, 0.29) is 11.9 Å². The Labute approximate surface area is 103 Å². The summed E-state index contributed by atoms with van der Waals surface area (Å²) in [6.45, 7) is 3.88. The Balaban J connectivity index is 2.82. The average Bonchev–Trinajstić information content (AvgIpc) is 2.17. The van der Waals surface area contributed by atoms with Crippen molar-refractivity contribution in [2.75, 3.05) is 6.61 Å². The lowest BCUT2D eigenvalue weighted by molar-refractivity contribution is 0.198. The van der Waals surface area contributed by atoms with Gasteiger partial charge in [0.25, 0.3) is 0 Å². The van der Waals surface area contributed by atoms with Gasteiger partial charge in [0.15, 0.2) is 0 Å². The van der Waals surface area contributed by atoms with Crippen LogP contribution in [0, 0.1) is 0 Å². The largest absolute Gasteiger partial charge is 0.395 e. The first-order chi connectivity index (χ1) is 7.04. The first-order valence-electron chi connectivity index (χ1n) is 4.79. The van der Waals surface area contributed by atoms with Crippen molar-refractivity contribution in [3.05, 3.63) is 28.2 Å². The standard InChI is InChI=1S/C11H15BrO2S/c1-7(6-13)15-9-3-4-10(8(2)14)11(12)5-9/h3-5,7-8,13-14H,6H2,1-2H3. The van der Waals surface area contributed by atoms with Crippen molar-refractivity contribution < 1.29 is 10.2 Å². The summed E-state index contributed by atoms with van der Waals surface area (Å²) in [5.41, 5.74) is 0.885. The smallest absolute Gasteiger partial charge is 0.0772 e. The van der Waals surface area contributed by atoms with E-state index in [1.807, 2.05) is 25.1 Å². The zero-order valence-corrected chi connectivity index (χ0v) is 11.2. The van der Waals surface area contributed by atoms with Crippen LogP contribution >= 0.6 is 27.7 Å². The van der Waals surface area contributed by atoms with E-state index in [0.717, 1.165) is 14.9 Å². The summed E-state index contributed by atoms with van der Waals surface area (Å²) in [6.07, 6.45) is -0.464. The van der Waals surface area contributed by atoms with Crippen LogP contribution in [0.1, 0.15) is 25.5 Å². The summed E-state index contributed by atoms with van der Waals surface area (Å²) in [5, 5.41) is 18.6. The lowest BCUT2D eigenvalue weighted by Crippen LogP contribution is -2.01. The first kappa shape index (κ1) is 13.0. The summed E-state index contributed by atoms with van der Waals surface area (Å²) < 4.78 is 0.910. The summed E-state index contributed by atoms with van der Waals surface area (Å²) in [6, 6.07) is 5.84. The Hall–Kier alpha value is -0.0300. The van der Waals surface area contributed by atoms with Gasteiger partial charge in [-0.15, -0.1) is 11.8 Å². The molecule has 1 aromatic rings. The summed E-state index contributed by atoms with van der Waals surface area (Å²) in [5.74, 6) is 0. The van der Waals surface area contributed by atoms with Gasteiger partial charge in [-0.3, -0.25) is 0 Å². The minimum Gasteiger partial charge on any atom is -0.395 e. The van der Waals surface area contributed by atoms with E-state index in [9.17, 15) is 5.11 Å². The van der Waals surface area contributed by atoms with E-state index in [4.69, 9.17) is 5.11 Å². The molecular weight excluding hydrogens is 276 g/mol. The van der Waals surface area contributed by atoms with Crippen molar-refractivity contribution >= 4 is 27.7 Å². The highest BCUT2D eigenvalue weighted by molar-refractivity contribution is 9.10. The van der Waals surface area contributed by atoms with Crippen LogP contribution in [0.3, 0.4) is 0 Å². The Morgan fingerprint density at radius 1 is 1.40 bits per heavy atom. The predicted molar refractivity (Wildman–Crippen MR) is 67.2 cm³/mol. The van der Waals surface area contributed by atoms with Crippen molar-refractivity contribution in [1.82, 2.24) is 0 Å². The first-order valence-corrected chi connectivity index (χ1v) is 6.47. The van der Waals surface area contributed by atoms with Crippen molar-refractivity contribution in [3.63, 3.8) is 0 Å². The molecule has 1 rings (SSSR count). The molecule has 0 aliphatic heterocycles. The number of thioether (sulfide) groups is 1. The molecule has 1 aromatic carbocycles. The van der Waals surface area contributed by atoms with Crippen LogP contribution in [0.15, 0.2) is 27.6 Å². The molecule has 0 fully saturated rings. The predicted octanol–water partition coefficient (Wildman–Crippen LogP) is 2.98. The van der Waals surface area contributed by atoms with E-state index >= 15 is 0 Å². The van der Waals surface area contributed by atoms with E-state index in [1.165, 1.54) is 0 Å². The topological polar surface area (TPSA) is 40.5 Å². The molecule has 15 heavy (non-hydrogen) atoms. The van der Waals surface area contributed by atoms with Gasteiger partial charge in [0.1, 0.15) is 0 Å². The van der Waals surface area contributed by atoms with E-state index in [0.29, 0.717) is 0 Å². The third-order valence-electron chi connectivity index (χ3n) is 2.02. The highest BCUT2D eigenvalue weighted by Gasteiger charge is 2.08. The van der Waals surface area contributed by atoms with Crippen LogP contribution in [-0.4, -0.2) is 22.1 Å². The molecule has 0 heterocycles. The Morgan fingerprint density at radius 2 is 2.07 bits per heavy atom. The second-order valence-corrected chi connectivity index (χ2v) is 5.84. The maximum atomic E-state index is 9.45. The molecule has 2 unspecified atom stereocenters. The normalized spacial score (nSPS) is 15.0. The van der Waals surface area contributed by atoms with Gasteiger partial charge in [0.2, 0.25) is 0 Å². The molecule has 0 aliphatic carbocycles. The number of hydrogen-bond acceptors (Lipinski definition) is 3. The van der Waals surface area contributed by atoms with E-state index < -0.39 is 6.10 Å². The molecular formula is C11H15BrO2S. The fourth-order valence-corrected chi connectivity index (χ4v) is 2.92. The van der Waals surface area contributed by atoms with Crippen LogP contribution in [0.5, 0.6) is 0 Å². The van der Waals surface area contributed by atoms with Crippen LogP contribution < -0.4 is 0 Å². The molecule has 0 saturated heterocycles. The summed E-state index contributed by atoms with van der Waals surface area (Å²) >= 11 is 5.04. The van der Waals surface area contributed by atoms with E-state index in [2.05, 4.69) is 15.9 Å². The van der Waals surface area contributed by atoms with Gasteiger partial charge in [-0.25, -0.2) is 0 Å². The summed E-state index contributed by atoms with van der Waals surface area (Å²) in [7, 11) is 0. The zero-order chi connectivity index (χ0) is 11.4. The van der Waals surface area contributed by atoms with Gasteiger partial charge in [-0.05, 0) is 24.6 Å². The minimum atomic E-state index is -0.464. The molecule has 2 N–H and O–H groups in total. The third kappa shape index (κ3) is 3.79. The molecule has 0 spiro atoms. The highest BCUT2D eigenvalue weighted by atomic mass is 79.9. The second kappa shape index (κ2) is 5.89. The van der Waals surface area contributed by atoms with Gasteiger partial charge < -0.3 is 10.2 Å². The molecule has 2 nitrogen and oxygen atoms in total. The lowest BCUT2D eigenvalue weighted by atomic mass is 10.1. The minimum absolute atomic E-state index is 0.167. The number of hydrogen-bond donors (Lipinski definition) is 2. The SMILES string of the molecule is CC(CO)Sc1ccc(C(C)O)c(Br)c1. The fraction of sp³-hybridized carbons (Fsp3) is 0.455. The van der Waals surface area contributed by atoms with Crippen LogP contribution in [0.25, 0.3) is 0 Å². The average molecular weight is 291 g/mol. The second-order valence-electron chi connectivity index (χ2n) is 3.47. The van der Waals surface area contributed by atoms with Crippen LogP contribution in [0.2, 0.25) is 0 Å². The molecule has 0 bridgehead atoms. The number of benzene rings is 1. The summed E-state index contributed by atoms with van der Waals surface area (Å²) in [4.78, 5) is 1.09. The zero-order valence-electron chi connectivity index (χ0n) is 8.77. The molecule has 0 saturated carbocycles. The van der Waals surface area contributed by atoms with Crippen molar-refractivity contribution in [1.29, 1.82) is 0 Å². The maximum absolute atomic E-state index is 9.45. The number of halogens is 1. The quantitative estimate of drug-likeness (QED) is 0.838.